The Morgan fingerprint density at radius 2 is 1.64 bits per heavy atom. The topological polar surface area (TPSA) is 305 Å². The molecule has 3 aliphatic heterocycles. The van der Waals surface area contributed by atoms with Gasteiger partial charge in [0.15, 0.2) is 24.6 Å². The predicted molar refractivity (Wildman–Crippen MR) is 270 cm³/mol. The normalized spacial score (nSPS) is 29.1. The van der Waals surface area contributed by atoms with Crippen molar-refractivity contribution in [1.29, 1.82) is 0 Å². The Morgan fingerprint density at radius 3 is 2.38 bits per heavy atom. The molecule has 4 aliphatic carbocycles. The summed E-state index contributed by atoms with van der Waals surface area (Å²) in [7, 11) is -2.78. The molecule has 9 rings (SSSR count). The van der Waals surface area contributed by atoms with Crippen molar-refractivity contribution < 1.29 is 85.6 Å². The molecular formula is C53H69N5O18S. The van der Waals surface area contributed by atoms with E-state index in [1.807, 2.05) is 25.5 Å². The van der Waals surface area contributed by atoms with Gasteiger partial charge in [-0.25, -0.2) is 14.3 Å². The lowest BCUT2D eigenvalue weighted by Gasteiger charge is -2.43. The Labute approximate surface area is 446 Å². The monoisotopic (exact) mass is 1100 g/mol. The molecule has 1 unspecified atom stereocenters. The molecule has 1 saturated carbocycles. The molecule has 3 amide bonds. The van der Waals surface area contributed by atoms with Gasteiger partial charge in [-0.3, -0.25) is 19.3 Å². The number of methoxy groups -OCH3 is 1. The number of unbranched alkanes of at least 4 members (excludes halogenated alkanes) is 3. The maximum absolute atomic E-state index is 14.3. The lowest BCUT2D eigenvalue weighted by Crippen LogP contribution is -2.56. The zero-order chi connectivity index (χ0) is 54.8. The SMILES string of the molecule is COc1cccc2c1C(=O)c1c(O)c3c(c(O)c1C2=O)C[C@@](O)(C(=O)NCCNC(=O)OCCCCCCNS(=O)(=O)NC(=O)OCC1[C@H]2CCC#CCC[C@@H]12)C[C@@H]3O[C@H]1C[C@H]2[C@H](O[C@@H]3[C@@H](OC(C)C)OCCN32)[C@H](C)O1. The second-order valence-electron chi connectivity index (χ2n) is 20.9. The minimum absolute atomic E-state index is 0.0544. The highest BCUT2D eigenvalue weighted by atomic mass is 32.2. The van der Waals surface area contributed by atoms with Crippen molar-refractivity contribution >= 4 is 39.9 Å². The molecule has 23 nitrogen and oxygen atoms in total. The molecular weight excluding hydrogens is 1030 g/mol. The minimum Gasteiger partial charge on any atom is -0.507 e. The van der Waals surface area contributed by atoms with Gasteiger partial charge in [0.25, 0.3) is 5.91 Å². The first-order valence-corrected chi connectivity index (χ1v) is 28.0. The van der Waals surface area contributed by atoms with Gasteiger partial charge in [-0.1, -0.05) is 25.0 Å². The number of rotatable bonds is 20. The highest BCUT2D eigenvalue weighted by molar-refractivity contribution is 7.88. The average Bonchev–Trinajstić information content (AvgIpc) is 3.93. The molecule has 0 spiro atoms. The van der Waals surface area contributed by atoms with E-state index in [1.165, 1.54) is 25.3 Å². The number of benzene rings is 2. The van der Waals surface area contributed by atoms with E-state index >= 15 is 0 Å². The first kappa shape index (κ1) is 56.1. The third-order valence-corrected chi connectivity index (χ3v) is 16.5. The minimum atomic E-state index is -4.11. The van der Waals surface area contributed by atoms with Gasteiger partial charge in [0.1, 0.15) is 29.0 Å². The number of phenolic OH excluding ortho intramolecular Hbond substituents is 2. The number of carbonyl (C=O) groups excluding carboxylic acids is 5. The highest BCUT2D eigenvalue weighted by Crippen LogP contribution is 2.54. The standard InChI is InChI=1S/C53H69N5O18S/c1-28(2)73-49-48-58(21-23-70-49)35-24-38(74-29(3)47(35)76-48)75-37-26-53(66,25-33-40(37)46(62)42-41(44(33)60)43(59)32-16-13-17-36(69-4)39(32)45(42)61)50(63)54-19-20-55-51(64)71-22-12-8-7-11-18-56-77(67,68)57-52(65)72-27-34-30-14-9-5-6-10-15-31(30)34/h13,16-17,28-31,34-35,37-38,47-49,56,60,62,66H,7-12,14-15,18-27H2,1-4H3,(H,54,63)(H,55,64)(H,57,65)/t29-,30-,31+,34?,35-,37-,38-,47+,48+,49+,53-/m0/s1. The van der Waals surface area contributed by atoms with Gasteiger partial charge in [-0.05, 0) is 70.3 Å². The Morgan fingerprint density at radius 1 is 0.909 bits per heavy atom. The zero-order valence-electron chi connectivity index (χ0n) is 43.6. The van der Waals surface area contributed by atoms with Gasteiger partial charge >= 0.3 is 22.4 Å². The number of ether oxygens (including phenoxy) is 8. The number of morpholine rings is 1. The molecule has 0 radical (unpaired) electrons. The molecule has 420 valence electrons. The van der Waals surface area contributed by atoms with Gasteiger partial charge in [-0.15, -0.1) is 11.8 Å². The quantitative estimate of drug-likeness (QED) is 0.0485. The van der Waals surface area contributed by atoms with Crippen LogP contribution in [0, 0.1) is 29.6 Å². The molecule has 24 heteroatoms. The summed E-state index contributed by atoms with van der Waals surface area (Å²) in [6, 6.07) is 4.16. The molecule has 0 aromatic heterocycles. The van der Waals surface area contributed by atoms with E-state index in [4.69, 9.17) is 37.9 Å². The fourth-order valence-electron chi connectivity index (χ4n) is 11.8. The second-order valence-corrected chi connectivity index (χ2v) is 22.4. The summed E-state index contributed by atoms with van der Waals surface area (Å²) in [6.07, 6.45) is -1.63. The summed E-state index contributed by atoms with van der Waals surface area (Å²) < 4.78 is 76.2. The van der Waals surface area contributed by atoms with Crippen molar-refractivity contribution in [3.63, 3.8) is 0 Å². The van der Waals surface area contributed by atoms with E-state index in [9.17, 15) is 47.7 Å². The van der Waals surface area contributed by atoms with Gasteiger partial charge < -0.3 is 63.8 Å². The van der Waals surface area contributed by atoms with Crippen molar-refractivity contribution in [2.45, 2.75) is 146 Å². The van der Waals surface area contributed by atoms with Crippen LogP contribution in [0.15, 0.2) is 18.2 Å². The van der Waals surface area contributed by atoms with E-state index in [0.717, 1.165) is 25.7 Å². The van der Waals surface area contributed by atoms with Gasteiger partial charge in [0.05, 0.1) is 61.9 Å². The lowest BCUT2D eigenvalue weighted by atomic mass is 9.72. The van der Waals surface area contributed by atoms with E-state index in [-0.39, 0.29) is 85.3 Å². The Balaban J connectivity index is 0.770. The van der Waals surface area contributed by atoms with Crippen LogP contribution in [-0.4, -0.2) is 160 Å². The zero-order valence-corrected chi connectivity index (χ0v) is 44.4. The van der Waals surface area contributed by atoms with Gasteiger partial charge in [-0.2, -0.15) is 13.1 Å². The first-order chi connectivity index (χ1) is 36.9. The number of alkyl carbamates (subject to hydrolysis) is 1. The van der Waals surface area contributed by atoms with Crippen LogP contribution in [-0.2, 0) is 54.6 Å². The van der Waals surface area contributed by atoms with Crippen LogP contribution in [0.25, 0.3) is 0 Å². The number of phenols is 2. The number of amides is 3. The van der Waals surface area contributed by atoms with Gasteiger partial charge in [0, 0.05) is 81.0 Å². The summed E-state index contributed by atoms with van der Waals surface area (Å²) >= 11 is 0. The average molecular weight is 1100 g/mol. The summed E-state index contributed by atoms with van der Waals surface area (Å²) in [6.45, 7) is 6.54. The Bertz CT molecular complexity index is 2750. The van der Waals surface area contributed by atoms with Crippen LogP contribution in [0.1, 0.15) is 134 Å². The van der Waals surface area contributed by atoms with Crippen molar-refractivity contribution in [1.82, 2.24) is 25.0 Å². The maximum Gasteiger partial charge on any atom is 0.421 e. The number of ketones is 2. The molecule has 11 atom stereocenters. The number of aliphatic hydroxyl groups is 1. The maximum atomic E-state index is 14.3. The van der Waals surface area contributed by atoms with Crippen LogP contribution in [0.3, 0.4) is 0 Å². The van der Waals surface area contributed by atoms with Crippen LogP contribution < -0.4 is 24.8 Å². The fraction of sp³-hybridized carbons (Fsp3) is 0.642. The molecule has 3 saturated heterocycles. The number of fused-ring (bicyclic) bond motifs is 7. The number of hydrogen-bond acceptors (Lipinski definition) is 19. The molecule has 77 heavy (non-hydrogen) atoms. The predicted octanol–water partition coefficient (Wildman–Crippen LogP) is 3.33. The molecule has 2 aromatic rings. The third kappa shape index (κ3) is 12.2. The number of nitrogens with zero attached hydrogens (tertiary/aromatic N) is 1. The first-order valence-electron chi connectivity index (χ1n) is 26.6. The number of carbonyl (C=O) groups is 5. The van der Waals surface area contributed by atoms with E-state index in [0.29, 0.717) is 50.7 Å². The number of nitrogens with one attached hydrogen (secondary N) is 4. The summed E-state index contributed by atoms with van der Waals surface area (Å²) in [5, 5.41) is 41.6. The van der Waals surface area contributed by atoms with Crippen LogP contribution >= 0.6 is 0 Å². The Kier molecular flexibility index (Phi) is 17.3. The molecule has 3 heterocycles. The van der Waals surface area contributed by atoms with E-state index in [2.05, 4.69) is 32.1 Å². The summed E-state index contributed by atoms with van der Waals surface area (Å²) in [5.74, 6) is 3.62. The van der Waals surface area contributed by atoms with Crippen LogP contribution in [0.5, 0.6) is 17.2 Å². The summed E-state index contributed by atoms with van der Waals surface area (Å²) in [4.78, 5) is 69.3. The van der Waals surface area contributed by atoms with Crippen molar-refractivity contribution in [2.75, 3.05) is 53.1 Å². The van der Waals surface area contributed by atoms with Crippen LogP contribution in [0.2, 0.25) is 0 Å². The lowest BCUT2D eigenvalue weighted by molar-refractivity contribution is -0.269. The largest absolute Gasteiger partial charge is 0.507 e. The number of hydrogen-bond donors (Lipinski definition) is 7. The number of aromatic hydroxyl groups is 2. The van der Waals surface area contributed by atoms with Crippen LogP contribution in [0.4, 0.5) is 9.59 Å². The molecule has 7 aliphatic rings. The molecule has 2 aromatic carbocycles. The molecule has 0 bridgehead atoms. The molecule has 4 fully saturated rings. The van der Waals surface area contributed by atoms with Crippen molar-refractivity contribution in [3.05, 3.63) is 51.6 Å². The van der Waals surface area contributed by atoms with E-state index in [1.54, 1.807) is 0 Å². The van der Waals surface area contributed by atoms with E-state index < -0.39 is 118 Å². The fourth-order valence-corrected chi connectivity index (χ4v) is 12.6. The third-order valence-electron chi connectivity index (χ3n) is 15.5. The summed E-state index contributed by atoms with van der Waals surface area (Å²) in [5.41, 5.74) is -3.76. The van der Waals surface area contributed by atoms with Crippen molar-refractivity contribution in [2.24, 2.45) is 17.8 Å². The smallest absolute Gasteiger partial charge is 0.421 e. The Hall–Kier alpha value is -5.62. The second kappa shape index (κ2) is 23.8. The van der Waals surface area contributed by atoms with Gasteiger partial charge in [0.2, 0.25) is 5.78 Å². The molecule has 7 N–H and O–H groups in total. The van der Waals surface area contributed by atoms with Crippen molar-refractivity contribution in [3.8, 4) is 29.1 Å². The highest BCUT2D eigenvalue weighted by Gasteiger charge is 2.56.